The first-order valence-corrected chi connectivity index (χ1v) is 10.8. The van der Waals surface area contributed by atoms with Crippen LogP contribution < -0.4 is 10.2 Å². The van der Waals surface area contributed by atoms with Crippen LogP contribution in [0.5, 0.6) is 0 Å². The Morgan fingerprint density at radius 3 is 2.69 bits per heavy atom. The van der Waals surface area contributed by atoms with E-state index in [1.807, 2.05) is 11.8 Å². The Labute approximate surface area is 173 Å². The van der Waals surface area contributed by atoms with Crippen molar-refractivity contribution >= 4 is 34.0 Å². The molecule has 1 N–H and O–H groups in total. The molecule has 0 saturated carbocycles. The van der Waals surface area contributed by atoms with Gasteiger partial charge in [0.2, 0.25) is 11.8 Å². The molecule has 6 nitrogen and oxygen atoms in total. The molecule has 1 atom stereocenters. The molecule has 8 heteroatoms. The van der Waals surface area contributed by atoms with Crippen LogP contribution in [0.3, 0.4) is 0 Å². The topological polar surface area (TPSA) is 65.5 Å². The number of piperazine rings is 1. The van der Waals surface area contributed by atoms with E-state index in [1.54, 1.807) is 30.4 Å². The number of fused-ring (bicyclic) bond motifs is 1. The SMILES string of the molecule is CC(=O)N1CCN(c2nc3c(s2)CC(C(=O)Nc2ccc(C)cc2F)CC3)CC1. The Bertz CT molecular complexity index is 937. The van der Waals surface area contributed by atoms with Gasteiger partial charge in [-0.1, -0.05) is 6.07 Å². The molecule has 2 amide bonds. The number of hydrogen-bond donors (Lipinski definition) is 1. The van der Waals surface area contributed by atoms with Gasteiger partial charge in [0.25, 0.3) is 0 Å². The van der Waals surface area contributed by atoms with Gasteiger partial charge in [0.05, 0.1) is 11.4 Å². The number of anilines is 2. The zero-order chi connectivity index (χ0) is 20.5. The monoisotopic (exact) mass is 416 g/mol. The second-order valence-corrected chi connectivity index (χ2v) is 8.83. The summed E-state index contributed by atoms with van der Waals surface area (Å²) in [7, 11) is 0. The second-order valence-electron chi connectivity index (χ2n) is 7.77. The number of benzene rings is 1. The summed E-state index contributed by atoms with van der Waals surface area (Å²) in [5.41, 5.74) is 2.13. The maximum absolute atomic E-state index is 14.1. The Kier molecular flexibility index (Phi) is 5.54. The van der Waals surface area contributed by atoms with E-state index in [0.29, 0.717) is 25.9 Å². The molecule has 1 fully saturated rings. The highest BCUT2D eigenvalue weighted by molar-refractivity contribution is 7.15. The fourth-order valence-electron chi connectivity index (χ4n) is 3.89. The highest BCUT2D eigenvalue weighted by Crippen LogP contribution is 2.35. The molecule has 29 heavy (non-hydrogen) atoms. The van der Waals surface area contributed by atoms with Crippen LogP contribution in [-0.4, -0.2) is 47.9 Å². The molecule has 2 aliphatic rings. The van der Waals surface area contributed by atoms with E-state index in [9.17, 15) is 14.0 Å². The summed E-state index contributed by atoms with van der Waals surface area (Å²) >= 11 is 1.64. The van der Waals surface area contributed by atoms with Gasteiger partial charge < -0.3 is 15.1 Å². The van der Waals surface area contributed by atoms with Gasteiger partial charge in [-0.15, -0.1) is 11.3 Å². The summed E-state index contributed by atoms with van der Waals surface area (Å²) in [6.07, 6.45) is 2.11. The molecule has 1 aliphatic carbocycles. The number of rotatable bonds is 3. The fraction of sp³-hybridized carbons (Fsp3) is 0.476. The van der Waals surface area contributed by atoms with E-state index in [1.165, 1.54) is 6.07 Å². The molecule has 0 radical (unpaired) electrons. The molecule has 2 heterocycles. The summed E-state index contributed by atoms with van der Waals surface area (Å²) in [6.45, 7) is 6.41. The van der Waals surface area contributed by atoms with Crippen LogP contribution in [0.1, 0.15) is 29.5 Å². The molecule has 1 aromatic carbocycles. The van der Waals surface area contributed by atoms with Crippen LogP contribution in [-0.2, 0) is 22.4 Å². The van der Waals surface area contributed by atoms with Crippen molar-refractivity contribution in [2.24, 2.45) is 5.92 Å². The Morgan fingerprint density at radius 1 is 1.24 bits per heavy atom. The first-order chi connectivity index (χ1) is 13.9. The first-order valence-electron chi connectivity index (χ1n) is 9.97. The average Bonchev–Trinajstić information content (AvgIpc) is 3.13. The van der Waals surface area contributed by atoms with Gasteiger partial charge in [0.1, 0.15) is 5.82 Å². The van der Waals surface area contributed by atoms with Crippen molar-refractivity contribution in [2.45, 2.75) is 33.1 Å². The van der Waals surface area contributed by atoms with Crippen LogP contribution >= 0.6 is 11.3 Å². The number of thiazole rings is 1. The van der Waals surface area contributed by atoms with Crippen molar-refractivity contribution in [3.63, 3.8) is 0 Å². The van der Waals surface area contributed by atoms with Crippen LogP contribution in [0.4, 0.5) is 15.2 Å². The van der Waals surface area contributed by atoms with Crippen LogP contribution in [0.15, 0.2) is 18.2 Å². The van der Waals surface area contributed by atoms with E-state index in [2.05, 4.69) is 10.2 Å². The fourth-order valence-corrected chi connectivity index (χ4v) is 5.13. The van der Waals surface area contributed by atoms with Crippen molar-refractivity contribution in [3.8, 4) is 0 Å². The molecule has 2 aromatic rings. The second kappa shape index (κ2) is 8.10. The molecule has 1 saturated heterocycles. The minimum absolute atomic E-state index is 0.113. The number of hydrogen-bond acceptors (Lipinski definition) is 5. The maximum Gasteiger partial charge on any atom is 0.227 e. The quantitative estimate of drug-likeness (QED) is 0.835. The third-order valence-corrected chi connectivity index (χ3v) is 6.86. The van der Waals surface area contributed by atoms with Crippen LogP contribution in [0, 0.1) is 18.7 Å². The summed E-state index contributed by atoms with van der Waals surface area (Å²) in [6, 6.07) is 4.83. The zero-order valence-electron chi connectivity index (χ0n) is 16.7. The largest absolute Gasteiger partial charge is 0.345 e. The predicted molar refractivity (Wildman–Crippen MR) is 112 cm³/mol. The summed E-state index contributed by atoms with van der Waals surface area (Å²) in [4.78, 5) is 34.2. The van der Waals surface area contributed by atoms with E-state index in [4.69, 9.17) is 4.98 Å². The van der Waals surface area contributed by atoms with Gasteiger partial charge in [-0.2, -0.15) is 0 Å². The summed E-state index contributed by atoms with van der Waals surface area (Å²) in [5, 5.41) is 3.72. The number of aromatic nitrogens is 1. The number of halogens is 1. The van der Waals surface area contributed by atoms with E-state index in [-0.39, 0.29) is 23.4 Å². The highest BCUT2D eigenvalue weighted by atomic mass is 32.1. The molecule has 154 valence electrons. The Balaban J connectivity index is 1.40. The molecule has 0 spiro atoms. The van der Waals surface area contributed by atoms with Gasteiger partial charge in [-0.25, -0.2) is 9.37 Å². The molecule has 1 aromatic heterocycles. The minimum atomic E-state index is -0.403. The Hall–Kier alpha value is -2.48. The molecule has 4 rings (SSSR count). The number of amides is 2. The third-order valence-electron chi connectivity index (χ3n) is 5.68. The number of aryl methyl sites for hydroxylation is 2. The van der Waals surface area contributed by atoms with E-state index >= 15 is 0 Å². The number of nitrogens with one attached hydrogen (secondary N) is 1. The van der Waals surface area contributed by atoms with Gasteiger partial charge in [-0.3, -0.25) is 9.59 Å². The Morgan fingerprint density at radius 2 is 2.00 bits per heavy atom. The molecular weight excluding hydrogens is 391 g/mol. The average molecular weight is 417 g/mol. The van der Waals surface area contributed by atoms with Gasteiger partial charge in [0, 0.05) is 43.9 Å². The highest BCUT2D eigenvalue weighted by Gasteiger charge is 2.30. The smallest absolute Gasteiger partial charge is 0.227 e. The molecular formula is C21H25FN4O2S. The lowest BCUT2D eigenvalue weighted by atomic mass is 9.90. The number of carbonyl (C=O) groups excluding carboxylic acids is 2. The predicted octanol–water partition coefficient (Wildman–Crippen LogP) is 3.00. The zero-order valence-corrected chi connectivity index (χ0v) is 17.5. The first kappa shape index (κ1) is 19.8. The van der Waals surface area contributed by atoms with Crippen LogP contribution in [0.2, 0.25) is 0 Å². The summed E-state index contributed by atoms with van der Waals surface area (Å²) in [5.74, 6) is -0.601. The molecule has 0 bridgehead atoms. The van der Waals surface area contributed by atoms with Crippen molar-refractivity contribution in [2.75, 3.05) is 36.4 Å². The van der Waals surface area contributed by atoms with Crippen molar-refractivity contribution < 1.29 is 14.0 Å². The lowest BCUT2D eigenvalue weighted by Crippen LogP contribution is -2.48. The standard InChI is InChI=1S/C21H25FN4O2S/c1-13-3-5-17(16(22)11-13)23-20(28)15-4-6-18-19(12-15)29-21(24-18)26-9-7-25(8-10-26)14(2)27/h3,5,11,15H,4,6-10,12H2,1-2H3,(H,23,28). The minimum Gasteiger partial charge on any atom is -0.345 e. The molecule has 1 aliphatic heterocycles. The van der Waals surface area contributed by atoms with E-state index < -0.39 is 5.82 Å². The van der Waals surface area contributed by atoms with Crippen molar-refractivity contribution in [1.29, 1.82) is 0 Å². The number of nitrogens with zero attached hydrogens (tertiary/aromatic N) is 3. The normalized spacial score (nSPS) is 19.1. The number of carbonyl (C=O) groups is 2. The van der Waals surface area contributed by atoms with Crippen LogP contribution in [0.25, 0.3) is 0 Å². The van der Waals surface area contributed by atoms with Gasteiger partial charge in [-0.05, 0) is 43.9 Å². The lowest BCUT2D eigenvalue weighted by molar-refractivity contribution is -0.129. The summed E-state index contributed by atoms with van der Waals surface area (Å²) < 4.78 is 14.1. The maximum atomic E-state index is 14.1. The van der Waals surface area contributed by atoms with Crippen molar-refractivity contribution in [3.05, 3.63) is 40.2 Å². The van der Waals surface area contributed by atoms with Gasteiger partial charge >= 0.3 is 0 Å². The molecule has 1 unspecified atom stereocenters. The van der Waals surface area contributed by atoms with Gasteiger partial charge in [0.15, 0.2) is 5.13 Å². The van der Waals surface area contributed by atoms with Crippen molar-refractivity contribution in [1.82, 2.24) is 9.88 Å². The van der Waals surface area contributed by atoms with E-state index in [0.717, 1.165) is 40.8 Å². The lowest BCUT2D eigenvalue weighted by Gasteiger charge is -2.33. The third kappa shape index (κ3) is 4.27.